The van der Waals surface area contributed by atoms with E-state index in [2.05, 4.69) is 4.84 Å². The molecular formula is C9H13NO2. The van der Waals surface area contributed by atoms with Crippen LogP contribution in [0.1, 0.15) is 24.2 Å². The fraction of sp³-hybridized carbons (Fsp3) is 0.333. The molecule has 0 heterocycles. The van der Waals surface area contributed by atoms with Crippen LogP contribution in [-0.2, 0) is 4.84 Å². The summed E-state index contributed by atoms with van der Waals surface area (Å²) in [6.07, 6.45) is -0.184. The van der Waals surface area contributed by atoms with E-state index in [1.807, 2.05) is 26.0 Å². The Morgan fingerprint density at radius 2 is 2.17 bits per heavy atom. The molecule has 0 saturated carbocycles. The fourth-order valence-electron chi connectivity index (χ4n) is 0.958. The highest BCUT2D eigenvalue weighted by Gasteiger charge is 2.05. The van der Waals surface area contributed by atoms with E-state index < -0.39 is 0 Å². The summed E-state index contributed by atoms with van der Waals surface area (Å²) in [4.78, 5) is 4.62. The summed E-state index contributed by atoms with van der Waals surface area (Å²) in [6, 6.07) is 5.37. The first-order valence-corrected chi connectivity index (χ1v) is 3.80. The Morgan fingerprint density at radius 3 is 2.67 bits per heavy atom. The predicted molar refractivity (Wildman–Crippen MR) is 46.5 cm³/mol. The van der Waals surface area contributed by atoms with E-state index in [0.717, 1.165) is 11.1 Å². The number of benzene rings is 1. The molecule has 3 nitrogen and oxygen atoms in total. The molecule has 0 bridgehead atoms. The molecule has 66 valence electrons. The van der Waals surface area contributed by atoms with Gasteiger partial charge >= 0.3 is 0 Å². The second kappa shape index (κ2) is 3.56. The van der Waals surface area contributed by atoms with E-state index in [4.69, 9.17) is 5.90 Å². The molecule has 3 N–H and O–H groups in total. The number of hydrogen-bond acceptors (Lipinski definition) is 3. The number of phenols is 1. The van der Waals surface area contributed by atoms with Crippen LogP contribution in [0.4, 0.5) is 0 Å². The lowest BCUT2D eigenvalue weighted by Crippen LogP contribution is -2.05. The van der Waals surface area contributed by atoms with Gasteiger partial charge in [0.15, 0.2) is 0 Å². The quantitative estimate of drug-likeness (QED) is 0.658. The molecular weight excluding hydrogens is 154 g/mol. The Balaban J connectivity index is 2.96. The molecule has 1 unspecified atom stereocenters. The van der Waals surface area contributed by atoms with Crippen molar-refractivity contribution in [2.24, 2.45) is 5.90 Å². The summed E-state index contributed by atoms with van der Waals surface area (Å²) in [5.74, 6) is 5.28. The Morgan fingerprint density at radius 1 is 1.50 bits per heavy atom. The van der Waals surface area contributed by atoms with Gasteiger partial charge in [-0.15, -0.1) is 0 Å². The molecule has 0 aromatic heterocycles. The number of nitrogens with two attached hydrogens (primary N) is 1. The summed E-state index contributed by atoms with van der Waals surface area (Å²) in [5, 5.41) is 9.35. The average molecular weight is 167 g/mol. The van der Waals surface area contributed by atoms with Crippen LogP contribution in [-0.4, -0.2) is 5.11 Å². The standard InChI is InChI=1S/C9H13NO2/c1-6-3-4-8(5-9(6)11)7(2)12-10/h3-5,7,11H,10H2,1-2H3. The monoisotopic (exact) mass is 167 g/mol. The Hall–Kier alpha value is -1.06. The molecule has 1 rings (SSSR count). The van der Waals surface area contributed by atoms with Gasteiger partial charge in [0.05, 0.1) is 0 Å². The first kappa shape index (κ1) is 9.03. The lowest BCUT2D eigenvalue weighted by atomic mass is 10.1. The van der Waals surface area contributed by atoms with Gasteiger partial charge in [-0.1, -0.05) is 12.1 Å². The smallest absolute Gasteiger partial charge is 0.118 e. The molecule has 1 aromatic carbocycles. The normalized spacial score (nSPS) is 12.9. The summed E-state index contributed by atoms with van der Waals surface area (Å²) >= 11 is 0. The first-order valence-electron chi connectivity index (χ1n) is 3.80. The van der Waals surface area contributed by atoms with Gasteiger partial charge in [0.25, 0.3) is 0 Å². The Bertz CT molecular complexity index is 273. The zero-order valence-corrected chi connectivity index (χ0v) is 7.24. The van der Waals surface area contributed by atoms with Gasteiger partial charge in [0.1, 0.15) is 11.9 Å². The van der Waals surface area contributed by atoms with Crippen LogP contribution in [0.15, 0.2) is 18.2 Å². The lowest BCUT2D eigenvalue weighted by molar-refractivity contribution is 0.0662. The molecule has 0 aliphatic heterocycles. The lowest BCUT2D eigenvalue weighted by Gasteiger charge is -2.09. The van der Waals surface area contributed by atoms with Crippen molar-refractivity contribution in [3.05, 3.63) is 29.3 Å². The van der Waals surface area contributed by atoms with Crippen molar-refractivity contribution >= 4 is 0 Å². The molecule has 1 aromatic rings. The van der Waals surface area contributed by atoms with Crippen molar-refractivity contribution in [1.82, 2.24) is 0 Å². The van der Waals surface area contributed by atoms with Crippen molar-refractivity contribution in [3.8, 4) is 5.75 Å². The highest BCUT2D eigenvalue weighted by molar-refractivity contribution is 5.36. The van der Waals surface area contributed by atoms with Crippen LogP contribution in [0, 0.1) is 6.92 Å². The summed E-state index contributed by atoms with van der Waals surface area (Å²) in [5.41, 5.74) is 1.73. The summed E-state index contributed by atoms with van der Waals surface area (Å²) in [7, 11) is 0. The van der Waals surface area contributed by atoms with E-state index in [-0.39, 0.29) is 11.9 Å². The van der Waals surface area contributed by atoms with Crippen molar-refractivity contribution < 1.29 is 9.94 Å². The van der Waals surface area contributed by atoms with Crippen LogP contribution in [0.3, 0.4) is 0 Å². The summed E-state index contributed by atoms with van der Waals surface area (Å²) in [6.45, 7) is 3.66. The molecule has 12 heavy (non-hydrogen) atoms. The largest absolute Gasteiger partial charge is 0.508 e. The molecule has 0 amide bonds. The van der Waals surface area contributed by atoms with Gasteiger partial charge in [-0.2, -0.15) is 0 Å². The molecule has 0 aliphatic carbocycles. The zero-order chi connectivity index (χ0) is 9.14. The van der Waals surface area contributed by atoms with Gasteiger partial charge in [-0.25, -0.2) is 5.90 Å². The maximum atomic E-state index is 9.35. The van der Waals surface area contributed by atoms with Crippen LogP contribution in [0.25, 0.3) is 0 Å². The predicted octanol–water partition coefficient (Wildman–Crippen LogP) is 1.65. The Labute approximate surface area is 71.7 Å². The molecule has 1 atom stereocenters. The number of hydrogen-bond donors (Lipinski definition) is 2. The molecule has 0 radical (unpaired) electrons. The number of aryl methyl sites for hydroxylation is 1. The number of aromatic hydroxyl groups is 1. The van der Waals surface area contributed by atoms with Gasteiger partial charge in [0.2, 0.25) is 0 Å². The second-order valence-electron chi connectivity index (χ2n) is 2.82. The van der Waals surface area contributed by atoms with Gasteiger partial charge in [0, 0.05) is 0 Å². The van der Waals surface area contributed by atoms with Crippen molar-refractivity contribution in [2.45, 2.75) is 20.0 Å². The fourth-order valence-corrected chi connectivity index (χ4v) is 0.958. The van der Waals surface area contributed by atoms with Gasteiger partial charge < -0.3 is 5.11 Å². The third-order valence-electron chi connectivity index (χ3n) is 1.91. The number of rotatable bonds is 2. The third kappa shape index (κ3) is 1.75. The first-order chi connectivity index (χ1) is 5.65. The van der Waals surface area contributed by atoms with Crippen LogP contribution in [0.5, 0.6) is 5.75 Å². The topological polar surface area (TPSA) is 55.5 Å². The van der Waals surface area contributed by atoms with Crippen molar-refractivity contribution in [2.75, 3.05) is 0 Å². The number of phenolic OH excluding ortho intramolecular Hbond substituents is 1. The second-order valence-corrected chi connectivity index (χ2v) is 2.82. The minimum Gasteiger partial charge on any atom is -0.508 e. The highest BCUT2D eigenvalue weighted by atomic mass is 16.6. The van der Waals surface area contributed by atoms with E-state index >= 15 is 0 Å². The van der Waals surface area contributed by atoms with Gasteiger partial charge in [-0.05, 0) is 31.0 Å². The summed E-state index contributed by atoms with van der Waals surface area (Å²) < 4.78 is 0. The molecule has 3 heteroatoms. The van der Waals surface area contributed by atoms with E-state index in [0.29, 0.717) is 0 Å². The minimum atomic E-state index is -0.184. The molecule has 0 aliphatic rings. The average Bonchev–Trinajstić information content (AvgIpc) is 2.08. The van der Waals surface area contributed by atoms with Gasteiger partial charge in [-0.3, -0.25) is 4.84 Å². The zero-order valence-electron chi connectivity index (χ0n) is 7.24. The minimum absolute atomic E-state index is 0.184. The van der Waals surface area contributed by atoms with Crippen LogP contribution in [0.2, 0.25) is 0 Å². The van der Waals surface area contributed by atoms with Crippen LogP contribution >= 0.6 is 0 Å². The maximum absolute atomic E-state index is 9.35. The molecule has 0 saturated heterocycles. The highest BCUT2D eigenvalue weighted by Crippen LogP contribution is 2.22. The van der Waals surface area contributed by atoms with Crippen LogP contribution < -0.4 is 5.90 Å². The molecule has 0 spiro atoms. The van der Waals surface area contributed by atoms with E-state index in [9.17, 15) is 5.11 Å². The Kier molecular flexibility index (Phi) is 2.68. The third-order valence-corrected chi connectivity index (χ3v) is 1.91. The molecule has 0 fully saturated rings. The van der Waals surface area contributed by atoms with Crippen molar-refractivity contribution in [1.29, 1.82) is 0 Å². The maximum Gasteiger partial charge on any atom is 0.118 e. The van der Waals surface area contributed by atoms with E-state index in [1.165, 1.54) is 0 Å². The SMILES string of the molecule is Cc1ccc(C(C)ON)cc1O. The van der Waals surface area contributed by atoms with E-state index in [1.54, 1.807) is 6.07 Å². The van der Waals surface area contributed by atoms with Crippen molar-refractivity contribution in [3.63, 3.8) is 0 Å².